The molecule has 2 rings (SSSR count). The standard InChI is InChI=1S/C13H15F2NO2/c1-16(12(18)13(8-17)4-5-13)7-9-6-10(14)2-3-11(9)15/h2-3,6,17H,4-5,7-8H2,1H3. The highest BCUT2D eigenvalue weighted by molar-refractivity contribution is 5.85. The van der Waals surface area contributed by atoms with Gasteiger partial charge in [0.25, 0.3) is 0 Å². The van der Waals surface area contributed by atoms with E-state index in [1.54, 1.807) is 0 Å². The summed E-state index contributed by atoms with van der Waals surface area (Å²) in [5, 5.41) is 9.16. The Kier molecular flexibility index (Phi) is 3.34. The van der Waals surface area contributed by atoms with Crippen LogP contribution in [0.5, 0.6) is 0 Å². The highest BCUT2D eigenvalue weighted by Gasteiger charge is 2.50. The molecule has 1 aliphatic rings. The first-order chi connectivity index (χ1) is 8.48. The Morgan fingerprint density at radius 2 is 2.11 bits per heavy atom. The summed E-state index contributed by atoms with van der Waals surface area (Å²) in [7, 11) is 1.53. The third-order valence-electron chi connectivity index (χ3n) is 3.37. The molecule has 1 saturated carbocycles. The maximum absolute atomic E-state index is 13.4. The Bertz CT molecular complexity index is 472. The predicted molar refractivity (Wildman–Crippen MR) is 61.6 cm³/mol. The van der Waals surface area contributed by atoms with Gasteiger partial charge in [-0.3, -0.25) is 4.79 Å². The molecule has 0 aliphatic heterocycles. The van der Waals surface area contributed by atoms with Crippen LogP contribution in [0.4, 0.5) is 8.78 Å². The largest absolute Gasteiger partial charge is 0.395 e. The van der Waals surface area contributed by atoms with Crippen molar-refractivity contribution in [3.8, 4) is 0 Å². The SMILES string of the molecule is CN(Cc1cc(F)ccc1F)C(=O)C1(CO)CC1. The zero-order valence-corrected chi connectivity index (χ0v) is 10.1. The van der Waals surface area contributed by atoms with E-state index >= 15 is 0 Å². The van der Waals surface area contributed by atoms with Crippen LogP contribution in [0.3, 0.4) is 0 Å². The van der Waals surface area contributed by atoms with Gasteiger partial charge in [0.1, 0.15) is 11.6 Å². The van der Waals surface area contributed by atoms with Crippen molar-refractivity contribution in [2.75, 3.05) is 13.7 Å². The van der Waals surface area contributed by atoms with Crippen LogP contribution in [0.15, 0.2) is 18.2 Å². The van der Waals surface area contributed by atoms with Crippen LogP contribution >= 0.6 is 0 Å². The number of benzene rings is 1. The molecule has 0 atom stereocenters. The second-order valence-corrected chi connectivity index (χ2v) is 4.84. The van der Waals surface area contributed by atoms with Crippen LogP contribution < -0.4 is 0 Å². The van der Waals surface area contributed by atoms with Gasteiger partial charge in [-0.05, 0) is 31.0 Å². The number of carbonyl (C=O) groups is 1. The average Bonchev–Trinajstić information content (AvgIpc) is 3.14. The molecule has 0 radical (unpaired) electrons. The van der Waals surface area contributed by atoms with Gasteiger partial charge >= 0.3 is 0 Å². The molecule has 0 unspecified atom stereocenters. The van der Waals surface area contributed by atoms with Gasteiger partial charge in [-0.25, -0.2) is 8.78 Å². The number of hydrogen-bond acceptors (Lipinski definition) is 2. The van der Waals surface area contributed by atoms with Gasteiger partial charge in [-0.2, -0.15) is 0 Å². The minimum absolute atomic E-state index is 0.00414. The molecular formula is C13H15F2NO2. The fourth-order valence-electron chi connectivity index (χ4n) is 1.99. The van der Waals surface area contributed by atoms with Gasteiger partial charge in [0, 0.05) is 19.2 Å². The van der Waals surface area contributed by atoms with Crippen LogP contribution in [0.1, 0.15) is 18.4 Å². The van der Waals surface area contributed by atoms with Gasteiger partial charge < -0.3 is 10.0 Å². The zero-order chi connectivity index (χ0) is 13.3. The number of nitrogens with zero attached hydrogens (tertiary/aromatic N) is 1. The number of aliphatic hydroxyl groups is 1. The van der Waals surface area contributed by atoms with E-state index in [0.717, 1.165) is 18.2 Å². The van der Waals surface area contributed by atoms with Crippen molar-refractivity contribution in [3.05, 3.63) is 35.4 Å². The number of halogens is 2. The highest BCUT2D eigenvalue weighted by Crippen LogP contribution is 2.46. The lowest BCUT2D eigenvalue weighted by molar-refractivity contribution is -0.137. The summed E-state index contributed by atoms with van der Waals surface area (Å²) in [4.78, 5) is 13.3. The van der Waals surface area contributed by atoms with Gasteiger partial charge in [-0.1, -0.05) is 0 Å². The molecule has 0 bridgehead atoms. The highest BCUT2D eigenvalue weighted by atomic mass is 19.1. The summed E-state index contributed by atoms with van der Waals surface area (Å²) < 4.78 is 26.4. The first-order valence-corrected chi connectivity index (χ1v) is 5.79. The van der Waals surface area contributed by atoms with Crippen LogP contribution in [-0.2, 0) is 11.3 Å². The maximum Gasteiger partial charge on any atom is 0.231 e. The molecule has 1 aliphatic carbocycles. The molecule has 18 heavy (non-hydrogen) atoms. The minimum atomic E-state index is -0.682. The molecular weight excluding hydrogens is 240 g/mol. The van der Waals surface area contributed by atoms with Crippen molar-refractivity contribution >= 4 is 5.91 Å². The van der Waals surface area contributed by atoms with Gasteiger partial charge in [0.05, 0.1) is 12.0 Å². The summed E-state index contributed by atoms with van der Waals surface area (Å²) >= 11 is 0. The molecule has 1 fully saturated rings. The quantitative estimate of drug-likeness (QED) is 0.889. The molecule has 98 valence electrons. The Labute approximate surface area is 104 Å². The topological polar surface area (TPSA) is 40.5 Å². The number of amides is 1. The smallest absolute Gasteiger partial charge is 0.231 e. The van der Waals surface area contributed by atoms with E-state index in [1.807, 2.05) is 0 Å². The molecule has 3 nitrogen and oxygen atoms in total. The lowest BCUT2D eigenvalue weighted by atomic mass is 10.1. The summed E-state index contributed by atoms with van der Waals surface area (Å²) in [5.41, 5.74) is -0.543. The molecule has 1 aromatic rings. The lowest BCUT2D eigenvalue weighted by Gasteiger charge is -2.22. The third kappa shape index (κ3) is 2.36. The normalized spacial score (nSPS) is 16.4. The molecule has 0 spiro atoms. The van der Waals surface area contributed by atoms with Crippen LogP contribution in [0.25, 0.3) is 0 Å². The Morgan fingerprint density at radius 1 is 1.44 bits per heavy atom. The second kappa shape index (κ2) is 4.65. The minimum Gasteiger partial charge on any atom is -0.395 e. The van der Waals surface area contributed by atoms with E-state index < -0.39 is 17.0 Å². The van der Waals surface area contributed by atoms with Crippen molar-refractivity contribution in [1.29, 1.82) is 0 Å². The van der Waals surface area contributed by atoms with Gasteiger partial charge in [0.2, 0.25) is 5.91 Å². The van der Waals surface area contributed by atoms with Crippen LogP contribution in [0, 0.1) is 17.0 Å². The van der Waals surface area contributed by atoms with Crippen molar-refractivity contribution in [2.45, 2.75) is 19.4 Å². The number of carbonyl (C=O) groups excluding carboxylic acids is 1. The van der Waals surface area contributed by atoms with Crippen LogP contribution in [0.2, 0.25) is 0 Å². The molecule has 1 N–H and O–H groups in total. The van der Waals surface area contributed by atoms with Gasteiger partial charge in [-0.15, -0.1) is 0 Å². The third-order valence-corrected chi connectivity index (χ3v) is 3.37. The summed E-state index contributed by atoms with van der Waals surface area (Å²) in [6.07, 6.45) is 1.30. The lowest BCUT2D eigenvalue weighted by Crippen LogP contribution is -2.35. The van der Waals surface area contributed by atoms with Crippen molar-refractivity contribution in [3.63, 3.8) is 0 Å². The summed E-state index contributed by atoms with van der Waals surface area (Å²) in [6.45, 7) is -0.189. The fraction of sp³-hybridized carbons (Fsp3) is 0.462. The Hall–Kier alpha value is -1.49. The molecule has 0 heterocycles. The first kappa shape index (κ1) is 13.0. The predicted octanol–water partition coefficient (Wildman–Crippen LogP) is 1.70. The van der Waals surface area contributed by atoms with E-state index in [1.165, 1.54) is 11.9 Å². The van der Waals surface area contributed by atoms with E-state index in [4.69, 9.17) is 5.11 Å². The van der Waals surface area contributed by atoms with Crippen molar-refractivity contribution in [1.82, 2.24) is 4.90 Å². The van der Waals surface area contributed by atoms with Crippen molar-refractivity contribution < 1.29 is 18.7 Å². The first-order valence-electron chi connectivity index (χ1n) is 5.79. The van der Waals surface area contributed by atoms with E-state index in [-0.39, 0.29) is 24.6 Å². The Balaban J connectivity index is 2.09. The van der Waals surface area contributed by atoms with E-state index in [2.05, 4.69) is 0 Å². The number of aliphatic hydroxyl groups excluding tert-OH is 1. The van der Waals surface area contributed by atoms with Gasteiger partial charge in [0.15, 0.2) is 0 Å². The molecule has 0 saturated heterocycles. The van der Waals surface area contributed by atoms with E-state index in [0.29, 0.717) is 12.8 Å². The van der Waals surface area contributed by atoms with E-state index in [9.17, 15) is 13.6 Å². The monoisotopic (exact) mass is 255 g/mol. The number of rotatable bonds is 4. The second-order valence-electron chi connectivity index (χ2n) is 4.84. The number of hydrogen-bond donors (Lipinski definition) is 1. The molecule has 1 amide bonds. The summed E-state index contributed by atoms with van der Waals surface area (Å²) in [6, 6.07) is 3.16. The fourth-order valence-corrected chi connectivity index (χ4v) is 1.99. The zero-order valence-electron chi connectivity index (χ0n) is 10.1. The molecule has 5 heteroatoms. The summed E-state index contributed by atoms with van der Waals surface area (Å²) in [5.74, 6) is -1.28. The Morgan fingerprint density at radius 3 is 2.67 bits per heavy atom. The van der Waals surface area contributed by atoms with Crippen molar-refractivity contribution in [2.24, 2.45) is 5.41 Å². The molecule has 1 aromatic carbocycles. The van der Waals surface area contributed by atoms with Crippen LogP contribution in [-0.4, -0.2) is 29.6 Å². The maximum atomic E-state index is 13.4. The average molecular weight is 255 g/mol. The molecule has 0 aromatic heterocycles.